The summed E-state index contributed by atoms with van der Waals surface area (Å²) in [6.45, 7) is 12.0. The van der Waals surface area contributed by atoms with Crippen molar-refractivity contribution in [3.63, 3.8) is 0 Å². The number of carbonyl (C=O) groups is 1. The average Bonchev–Trinajstić information content (AvgIpc) is 3.04. The lowest BCUT2D eigenvalue weighted by Crippen LogP contribution is -2.54. The largest absolute Gasteiger partial charge is 0.448 e. The highest BCUT2D eigenvalue weighted by atomic mass is 28.4. The van der Waals surface area contributed by atoms with E-state index in [0.717, 1.165) is 0 Å². The van der Waals surface area contributed by atoms with Gasteiger partial charge in [-0.25, -0.2) is 4.79 Å². The smallest absolute Gasteiger partial charge is 0.409 e. The minimum Gasteiger partial charge on any atom is -0.448 e. The maximum Gasteiger partial charge on any atom is 0.409 e. The molecule has 1 aliphatic heterocycles. The number of aliphatic hydroxyl groups excluding tert-OH is 1. The molecule has 0 bridgehead atoms. The summed E-state index contributed by atoms with van der Waals surface area (Å²) in [5.74, 6) is 0.0281. The number of aliphatic hydroxyl groups is 1. The van der Waals surface area contributed by atoms with E-state index < -0.39 is 14.4 Å². The lowest BCUT2D eigenvalue weighted by molar-refractivity contribution is -0.00524. The summed E-state index contributed by atoms with van der Waals surface area (Å²) in [5, 5.41) is 10.5. The number of benzene rings is 2. The van der Waals surface area contributed by atoms with Crippen LogP contribution in [0.4, 0.5) is 4.79 Å². The molecule has 1 N–H and O–H groups in total. The highest BCUT2D eigenvalue weighted by Crippen LogP contribution is 2.44. The fourth-order valence-corrected chi connectivity index (χ4v) is 5.90. The number of carbonyl (C=O) groups excluding carboxylic acids is 1. The normalized spacial score (nSPS) is 21.2. The first-order valence-corrected chi connectivity index (χ1v) is 14.4. The third-order valence-electron chi connectivity index (χ3n) is 7.25. The minimum absolute atomic E-state index is 0.0281. The Kier molecular flexibility index (Phi) is 6.22. The quantitative estimate of drug-likeness (QED) is 0.631. The minimum atomic E-state index is -2.00. The number of amides is 1. The topological polar surface area (TPSA) is 59.0 Å². The van der Waals surface area contributed by atoms with Gasteiger partial charge in [-0.3, -0.25) is 0 Å². The van der Waals surface area contributed by atoms with Crippen molar-refractivity contribution in [3.05, 3.63) is 59.7 Å². The molecule has 5 nitrogen and oxygen atoms in total. The summed E-state index contributed by atoms with van der Waals surface area (Å²) in [7, 11) is -2.00. The fourth-order valence-electron chi connectivity index (χ4n) is 4.54. The van der Waals surface area contributed by atoms with Crippen molar-refractivity contribution in [2.75, 3.05) is 19.7 Å². The Labute approximate surface area is 192 Å². The predicted octanol–water partition coefficient (Wildman–Crippen LogP) is 5.39. The van der Waals surface area contributed by atoms with E-state index in [1.54, 1.807) is 4.90 Å². The van der Waals surface area contributed by atoms with E-state index in [-0.39, 0.29) is 36.3 Å². The number of β-amino-alcohol motifs (C(OH)–C–C–N with tert-alkyl or cyclic N) is 1. The van der Waals surface area contributed by atoms with Crippen molar-refractivity contribution in [1.29, 1.82) is 0 Å². The van der Waals surface area contributed by atoms with Crippen molar-refractivity contribution < 1.29 is 19.1 Å². The Hall–Kier alpha value is -2.15. The summed E-state index contributed by atoms with van der Waals surface area (Å²) < 4.78 is 12.3. The van der Waals surface area contributed by atoms with Crippen molar-refractivity contribution >= 4 is 14.4 Å². The van der Waals surface area contributed by atoms with Gasteiger partial charge in [-0.15, -0.1) is 0 Å². The Morgan fingerprint density at radius 3 is 2.16 bits per heavy atom. The maximum atomic E-state index is 13.0. The zero-order chi connectivity index (χ0) is 23.1. The van der Waals surface area contributed by atoms with Crippen LogP contribution in [0.3, 0.4) is 0 Å². The van der Waals surface area contributed by atoms with Crippen LogP contribution in [0.2, 0.25) is 18.1 Å². The molecule has 0 unspecified atom stereocenters. The molecule has 2 aromatic carbocycles. The summed E-state index contributed by atoms with van der Waals surface area (Å²) in [5.41, 5.74) is 4.80. The van der Waals surface area contributed by atoms with E-state index in [9.17, 15) is 9.90 Å². The standard InChI is InChI=1S/C26H35NO4Si/c1-26(2,3)32(4,5)31-19-14-18(28)15-27(16-19)25(29)30-17-24-22-12-8-6-10-20(22)21-11-7-9-13-23(21)24/h6-13,18-19,24,28H,14-17H2,1-5H3/t18-,19-/m1/s1. The van der Waals surface area contributed by atoms with Gasteiger partial charge in [-0.1, -0.05) is 69.3 Å². The molecular formula is C26H35NO4Si. The number of nitrogens with zero attached hydrogens (tertiary/aromatic N) is 1. The van der Waals surface area contributed by atoms with Gasteiger partial charge in [0.05, 0.1) is 18.8 Å². The van der Waals surface area contributed by atoms with Gasteiger partial charge in [0.25, 0.3) is 0 Å². The number of piperidine rings is 1. The van der Waals surface area contributed by atoms with Crippen molar-refractivity contribution in [1.82, 2.24) is 4.90 Å². The summed E-state index contributed by atoms with van der Waals surface area (Å²) in [6, 6.07) is 16.6. The molecule has 2 aliphatic rings. The van der Waals surface area contributed by atoms with Gasteiger partial charge in [-0.2, -0.15) is 0 Å². The number of fused-ring (bicyclic) bond motifs is 3. The molecule has 0 saturated carbocycles. The lowest BCUT2D eigenvalue weighted by Gasteiger charge is -2.43. The second-order valence-corrected chi connectivity index (χ2v) is 15.4. The third kappa shape index (κ3) is 4.49. The van der Waals surface area contributed by atoms with Gasteiger partial charge < -0.3 is 19.2 Å². The first kappa shape index (κ1) is 23.0. The number of ether oxygens (including phenoxy) is 1. The molecule has 172 valence electrons. The van der Waals surface area contributed by atoms with Gasteiger partial charge in [0, 0.05) is 18.9 Å². The van der Waals surface area contributed by atoms with Crippen LogP contribution in [-0.2, 0) is 9.16 Å². The SMILES string of the molecule is CC(C)(C)[Si](C)(C)O[C@@H]1C[C@@H](O)CN(C(=O)OCC2c3ccccc3-c3ccccc32)C1. The zero-order valence-corrected chi connectivity index (χ0v) is 20.8. The van der Waals surface area contributed by atoms with Crippen LogP contribution in [-0.4, -0.2) is 56.3 Å². The van der Waals surface area contributed by atoms with Gasteiger partial charge >= 0.3 is 6.09 Å². The Morgan fingerprint density at radius 1 is 1.03 bits per heavy atom. The molecular weight excluding hydrogens is 418 g/mol. The van der Waals surface area contributed by atoms with Gasteiger partial charge in [0.1, 0.15) is 6.61 Å². The van der Waals surface area contributed by atoms with Gasteiger partial charge in [0.2, 0.25) is 0 Å². The molecule has 1 fully saturated rings. The number of hydrogen-bond donors (Lipinski definition) is 1. The van der Waals surface area contributed by atoms with Crippen molar-refractivity contribution in [3.8, 4) is 11.1 Å². The van der Waals surface area contributed by atoms with Crippen molar-refractivity contribution in [2.45, 2.75) is 63.5 Å². The van der Waals surface area contributed by atoms with Crippen LogP contribution in [0.1, 0.15) is 44.2 Å². The Morgan fingerprint density at radius 2 is 1.59 bits per heavy atom. The molecule has 0 spiro atoms. The third-order valence-corrected chi connectivity index (χ3v) is 11.8. The zero-order valence-electron chi connectivity index (χ0n) is 19.8. The molecule has 4 rings (SSSR count). The Bertz CT molecular complexity index is 938. The van der Waals surface area contributed by atoms with Crippen LogP contribution in [0, 0.1) is 0 Å². The molecule has 1 saturated heterocycles. The second kappa shape index (κ2) is 8.65. The fraction of sp³-hybridized carbons (Fsp3) is 0.500. The van der Waals surface area contributed by atoms with Crippen molar-refractivity contribution in [2.24, 2.45) is 0 Å². The van der Waals surface area contributed by atoms with E-state index >= 15 is 0 Å². The number of rotatable bonds is 4. The molecule has 1 heterocycles. The lowest BCUT2D eigenvalue weighted by atomic mass is 9.98. The van der Waals surface area contributed by atoms with E-state index in [4.69, 9.17) is 9.16 Å². The van der Waals surface area contributed by atoms with Gasteiger partial charge in [0.15, 0.2) is 8.32 Å². The van der Waals surface area contributed by atoms with Crippen LogP contribution in [0.15, 0.2) is 48.5 Å². The van der Waals surface area contributed by atoms with Crippen LogP contribution < -0.4 is 0 Å². The molecule has 1 amide bonds. The molecule has 6 heteroatoms. The summed E-state index contributed by atoms with van der Waals surface area (Å²) in [6.07, 6.45) is -0.590. The van der Waals surface area contributed by atoms with E-state index in [0.29, 0.717) is 13.0 Å². The van der Waals surface area contributed by atoms with E-state index in [2.05, 4.69) is 58.1 Å². The van der Waals surface area contributed by atoms with Crippen LogP contribution in [0.5, 0.6) is 0 Å². The Balaban J connectivity index is 1.43. The molecule has 2 atom stereocenters. The predicted molar refractivity (Wildman–Crippen MR) is 129 cm³/mol. The molecule has 1 aliphatic carbocycles. The average molecular weight is 454 g/mol. The highest BCUT2D eigenvalue weighted by Gasteiger charge is 2.41. The van der Waals surface area contributed by atoms with Gasteiger partial charge in [-0.05, 0) is 40.4 Å². The van der Waals surface area contributed by atoms with E-state index in [1.165, 1.54) is 22.3 Å². The first-order chi connectivity index (χ1) is 15.1. The molecule has 0 aromatic heterocycles. The monoisotopic (exact) mass is 453 g/mol. The second-order valence-electron chi connectivity index (χ2n) is 10.6. The molecule has 0 radical (unpaired) electrons. The molecule has 32 heavy (non-hydrogen) atoms. The number of hydrogen-bond acceptors (Lipinski definition) is 4. The van der Waals surface area contributed by atoms with Crippen LogP contribution in [0.25, 0.3) is 11.1 Å². The number of likely N-dealkylation sites (tertiary alicyclic amines) is 1. The highest BCUT2D eigenvalue weighted by molar-refractivity contribution is 6.74. The summed E-state index contributed by atoms with van der Waals surface area (Å²) >= 11 is 0. The van der Waals surface area contributed by atoms with Crippen LogP contribution >= 0.6 is 0 Å². The van der Waals surface area contributed by atoms with E-state index in [1.807, 2.05) is 24.3 Å². The maximum absolute atomic E-state index is 13.0. The molecule has 2 aromatic rings. The summed E-state index contributed by atoms with van der Waals surface area (Å²) in [4.78, 5) is 14.6. The first-order valence-electron chi connectivity index (χ1n) is 11.5.